The molecule has 0 saturated heterocycles. The number of hydrogen-bond donors (Lipinski definition) is 2. The first-order valence-electron chi connectivity index (χ1n) is 3.38. The largest absolute Gasteiger partial charge is 0.302 e. The molecule has 0 spiro atoms. The Morgan fingerprint density at radius 2 is 1.93 bits per heavy atom. The molecule has 8 heteroatoms. The quantitative estimate of drug-likeness (QED) is 0.558. The van der Waals surface area contributed by atoms with Crippen molar-refractivity contribution >= 4 is 15.7 Å². The molecule has 0 aromatic heterocycles. The van der Waals surface area contributed by atoms with Crippen molar-refractivity contribution in [2.24, 2.45) is 0 Å². The summed E-state index contributed by atoms with van der Waals surface area (Å²) in [7, 11) is -4.21. The number of nitro benzene ring substituents is 1. The van der Waals surface area contributed by atoms with Crippen LogP contribution in [-0.2, 0) is 10.0 Å². The van der Waals surface area contributed by atoms with E-state index in [2.05, 4.69) is 0 Å². The van der Waals surface area contributed by atoms with Gasteiger partial charge in [0.05, 0.1) is 4.92 Å². The molecule has 0 aliphatic carbocycles. The summed E-state index contributed by atoms with van der Waals surface area (Å²) >= 11 is 0. The van der Waals surface area contributed by atoms with Crippen molar-refractivity contribution in [3.05, 3.63) is 34.4 Å². The van der Waals surface area contributed by atoms with Crippen LogP contribution in [0.25, 0.3) is 0 Å². The third kappa shape index (κ3) is 1.87. The summed E-state index contributed by atoms with van der Waals surface area (Å²) in [6.45, 7) is 0. The first-order chi connectivity index (χ1) is 6.49. The molecule has 1 aromatic carbocycles. The van der Waals surface area contributed by atoms with Crippen LogP contribution in [0, 0.1) is 10.1 Å². The van der Waals surface area contributed by atoms with Crippen molar-refractivity contribution in [1.29, 1.82) is 0 Å². The topological polar surface area (TPSA) is 110 Å². The maximum Gasteiger partial charge on any atom is 0.289 e. The Balaban J connectivity index is 3.42. The summed E-state index contributed by atoms with van der Waals surface area (Å²) in [6, 6.07) is 4.70. The highest BCUT2D eigenvalue weighted by Gasteiger charge is 2.23. The molecule has 0 aliphatic heterocycles. The fourth-order valence-corrected chi connectivity index (χ4v) is 1.66. The highest BCUT2D eigenvalue weighted by atomic mass is 32.2. The van der Waals surface area contributed by atoms with Gasteiger partial charge in [0.25, 0.3) is 15.7 Å². The molecule has 1 rings (SSSR count). The van der Waals surface area contributed by atoms with Gasteiger partial charge < -0.3 is 5.21 Å². The molecule has 0 radical (unpaired) electrons. The molecule has 0 bridgehead atoms. The summed E-state index contributed by atoms with van der Waals surface area (Å²) in [6.07, 6.45) is 0. The van der Waals surface area contributed by atoms with Crippen LogP contribution in [0.2, 0.25) is 0 Å². The average molecular weight is 218 g/mol. The van der Waals surface area contributed by atoms with E-state index in [1.807, 2.05) is 0 Å². The van der Waals surface area contributed by atoms with Crippen LogP contribution in [0.5, 0.6) is 0 Å². The molecule has 2 N–H and O–H groups in total. The van der Waals surface area contributed by atoms with Crippen LogP contribution in [0.1, 0.15) is 0 Å². The lowest BCUT2D eigenvalue weighted by Gasteiger charge is -2.01. The molecule has 7 nitrogen and oxygen atoms in total. The van der Waals surface area contributed by atoms with Crippen LogP contribution >= 0.6 is 0 Å². The van der Waals surface area contributed by atoms with Gasteiger partial charge in [-0.25, -0.2) is 8.42 Å². The monoisotopic (exact) mass is 218 g/mol. The van der Waals surface area contributed by atoms with Gasteiger partial charge >= 0.3 is 0 Å². The maximum atomic E-state index is 11.1. The van der Waals surface area contributed by atoms with Crippen molar-refractivity contribution in [2.45, 2.75) is 4.90 Å². The molecule has 0 fully saturated rings. The Morgan fingerprint density at radius 3 is 2.43 bits per heavy atom. The zero-order chi connectivity index (χ0) is 10.8. The molecular weight excluding hydrogens is 212 g/mol. The second-order valence-corrected chi connectivity index (χ2v) is 3.95. The normalized spacial score (nSPS) is 11.2. The van der Waals surface area contributed by atoms with E-state index in [-0.39, 0.29) is 0 Å². The third-order valence-corrected chi connectivity index (χ3v) is 2.64. The zero-order valence-corrected chi connectivity index (χ0v) is 7.56. The van der Waals surface area contributed by atoms with Crippen LogP contribution in [0.4, 0.5) is 5.69 Å². The first-order valence-corrected chi connectivity index (χ1v) is 4.86. The molecule has 1 aromatic rings. The molecule has 0 amide bonds. The molecule has 0 atom stereocenters. The highest BCUT2D eigenvalue weighted by Crippen LogP contribution is 2.21. The third-order valence-electron chi connectivity index (χ3n) is 1.47. The Labute approximate surface area is 79.1 Å². The Morgan fingerprint density at radius 1 is 1.36 bits per heavy atom. The standard InChI is InChI=1S/C6H6N2O5S/c9-7-14(12,13)6-4-2-1-3-5(6)8(10)11/h1-4,7,9H. The minimum Gasteiger partial charge on any atom is -0.302 e. The van der Waals surface area contributed by atoms with Crippen molar-refractivity contribution in [3.63, 3.8) is 0 Å². The summed E-state index contributed by atoms with van der Waals surface area (Å²) < 4.78 is 22.1. The molecule has 0 aliphatic rings. The van der Waals surface area contributed by atoms with Crippen molar-refractivity contribution in [3.8, 4) is 0 Å². The van der Waals surface area contributed by atoms with E-state index in [1.165, 1.54) is 12.1 Å². The van der Waals surface area contributed by atoms with Gasteiger partial charge in [0.1, 0.15) is 0 Å². The molecule has 76 valence electrons. The van der Waals surface area contributed by atoms with E-state index in [9.17, 15) is 18.5 Å². The minimum atomic E-state index is -4.21. The fraction of sp³-hybridized carbons (Fsp3) is 0. The van der Waals surface area contributed by atoms with E-state index in [0.717, 1.165) is 17.0 Å². The molecular formula is C6H6N2O5S. The molecule has 0 saturated carbocycles. The summed E-state index contributed by atoms with van der Waals surface area (Å²) in [5, 5.41) is 18.7. The van der Waals surface area contributed by atoms with E-state index >= 15 is 0 Å². The molecule has 0 unspecified atom stereocenters. The van der Waals surface area contributed by atoms with Crippen LogP contribution < -0.4 is 4.89 Å². The number of rotatable bonds is 3. The first kappa shape index (κ1) is 10.6. The minimum absolute atomic E-state index is 0.576. The summed E-state index contributed by atoms with van der Waals surface area (Å²) in [5.74, 6) is 0. The number of nitrogens with zero attached hydrogens (tertiary/aromatic N) is 1. The lowest BCUT2D eigenvalue weighted by Crippen LogP contribution is -2.20. The van der Waals surface area contributed by atoms with Crippen LogP contribution in [0.15, 0.2) is 29.2 Å². The van der Waals surface area contributed by atoms with Gasteiger partial charge in [-0.3, -0.25) is 10.1 Å². The van der Waals surface area contributed by atoms with Crippen molar-refractivity contribution in [1.82, 2.24) is 4.89 Å². The Hall–Kier alpha value is -1.51. The van der Waals surface area contributed by atoms with Gasteiger partial charge in [-0.1, -0.05) is 17.0 Å². The number of para-hydroxylation sites is 1. The fourth-order valence-electron chi connectivity index (χ4n) is 0.884. The van der Waals surface area contributed by atoms with E-state index in [1.54, 1.807) is 0 Å². The van der Waals surface area contributed by atoms with Gasteiger partial charge in [-0.2, -0.15) is 0 Å². The average Bonchev–Trinajstić information content (AvgIpc) is 2.18. The second kappa shape index (κ2) is 3.70. The van der Waals surface area contributed by atoms with E-state index in [0.29, 0.717) is 0 Å². The van der Waals surface area contributed by atoms with Crippen molar-refractivity contribution in [2.75, 3.05) is 0 Å². The SMILES string of the molecule is O=[N+]([O-])c1ccccc1S(=O)(=O)NO. The van der Waals surface area contributed by atoms with Gasteiger partial charge in [0, 0.05) is 6.07 Å². The Bertz CT molecular complexity index is 455. The predicted molar refractivity (Wildman–Crippen MR) is 45.2 cm³/mol. The van der Waals surface area contributed by atoms with E-state index < -0.39 is 25.5 Å². The van der Waals surface area contributed by atoms with E-state index in [4.69, 9.17) is 5.21 Å². The Kier molecular flexibility index (Phi) is 2.79. The molecule has 14 heavy (non-hydrogen) atoms. The van der Waals surface area contributed by atoms with Crippen LogP contribution in [-0.4, -0.2) is 18.5 Å². The van der Waals surface area contributed by atoms with Gasteiger partial charge in [-0.15, -0.1) is 0 Å². The van der Waals surface area contributed by atoms with Gasteiger partial charge in [0.2, 0.25) is 0 Å². The number of nitro groups is 1. The molecule has 0 heterocycles. The lowest BCUT2D eigenvalue weighted by molar-refractivity contribution is -0.387. The predicted octanol–water partition coefficient (Wildman–Crippen LogP) is 0.262. The van der Waals surface area contributed by atoms with Gasteiger partial charge in [0.15, 0.2) is 4.90 Å². The lowest BCUT2D eigenvalue weighted by atomic mass is 10.3. The second-order valence-electron chi connectivity index (χ2n) is 2.32. The zero-order valence-electron chi connectivity index (χ0n) is 6.75. The highest BCUT2D eigenvalue weighted by molar-refractivity contribution is 7.89. The smallest absolute Gasteiger partial charge is 0.289 e. The number of sulfonamides is 1. The maximum absolute atomic E-state index is 11.1. The number of hydrogen-bond acceptors (Lipinski definition) is 5. The van der Waals surface area contributed by atoms with Crippen molar-refractivity contribution < 1.29 is 18.5 Å². The number of nitrogens with one attached hydrogen (secondary N) is 1. The number of benzene rings is 1. The van der Waals surface area contributed by atoms with Crippen LogP contribution in [0.3, 0.4) is 0 Å². The summed E-state index contributed by atoms with van der Waals surface area (Å²) in [4.78, 5) is 10.0. The summed E-state index contributed by atoms with van der Waals surface area (Å²) in [5.41, 5.74) is -0.589. The van der Waals surface area contributed by atoms with Gasteiger partial charge in [-0.05, 0) is 6.07 Å².